The summed E-state index contributed by atoms with van der Waals surface area (Å²) in [6, 6.07) is 8.04. The lowest BCUT2D eigenvalue weighted by atomic mass is 10.2. The van der Waals surface area contributed by atoms with E-state index in [4.69, 9.17) is 9.84 Å². The third kappa shape index (κ3) is 2.38. The summed E-state index contributed by atoms with van der Waals surface area (Å²) in [5.74, 6) is -0.334. The standard InChI is InChI=1S/C11H10N2O3/c14-11(15)9-2-4-10(5-3-9)16-8-13-7-1-6-12-13/h1-7H,8H2,(H,14,15). The van der Waals surface area contributed by atoms with Gasteiger partial charge in [0.05, 0.1) is 5.56 Å². The molecule has 1 N–H and O–H groups in total. The van der Waals surface area contributed by atoms with Gasteiger partial charge >= 0.3 is 5.97 Å². The highest BCUT2D eigenvalue weighted by atomic mass is 16.5. The van der Waals surface area contributed by atoms with Gasteiger partial charge in [0.2, 0.25) is 0 Å². The Bertz CT molecular complexity index is 462. The summed E-state index contributed by atoms with van der Waals surface area (Å²) in [7, 11) is 0. The van der Waals surface area contributed by atoms with Gasteiger partial charge in [-0.2, -0.15) is 5.10 Å². The van der Waals surface area contributed by atoms with Gasteiger partial charge in [-0.1, -0.05) is 0 Å². The number of hydrogen-bond donors (Lipinski definition) is 1. The minimum atomic E-state index is -0.946. The number of rotatable bonds is 4. The highest BCUT2D eigenvalue weighted by molar-refractivity contribution is 5.87. The van der Waals surface area contributed by atoms with Crippen LogP contribution >= 0.6 is 0 Å². The Morgan fingerprint density at radius 1 is 1.38 bits per heavy atom. The average molecular weight is 218 g/mol. The van der Waals surface area contributed by atoms with Crippen LogP contribution in [-0.4, -0.2) is 20.9 Å². The van der Waals surface area contributed by atoms with Crippen LogP contribution in [0.25, 0.3) is 0 Å². The lowest BCUT2D eigenvalue weighted by Gasteiger charge is -2.05. The molecule has 5 heteroatoms. The Kier molecular flexibility index (Phi) is 2.86. The topological polar surface area (TPSA) is 64.3 Å². The van der Waals surface area contributed by atoms with E-state index in [2.05, 4.69) is 5.10 Å². The van der Waals surface area contributed by atoms with E-state index in [-0.39, 0.29) is 5.56 Å². The highest BCUT2D eigenvalue weighted by Gasteiger charge is 2.01. The van der Waals surface area contributed by atoms with Gasteiger partial charge in [-0.3, -0.25) is 0 Å². The van der Waals surface area contributed by atoms with E-state index in [0.717, 1.165) is 0 Å². The Hall–Kier alpha value is -2.30. The van der Waals surface area contributed by atoms with Crippen molar-refractivity contribution in [1.29, 1.82) is 0 Å². The van der Waals surface area contributed by atoms with Crippen LogP contribution in [0.1, 0.15) is 10.4 Å². The van der Waals surface area contributed by atoms with Crippen molar-refractivity contribution in [2.45, 2.75) is 6.73 Å². The zero-order valence-corrected chi connectivity index (χ0v) is 8.41. The number of carboxylic acid groups (broad SMARTS) is 1. The molecule has 0 amide bonds. The molecular formula is C11H10N2O3. The summed E-state index contributed by atoms with van der Waals surface area (Å²) >= 11 is 0. The Labute approximate surface area is 91.9 Å². The number of benzene rings is 1. The first kappa shape index (κ1) is 10.2. The Balaban J connectivity index is 1.98. The molecular weight excluding hydrogens is 208 g/mol. The molecule has 0 saturated heterocycles. The number of hydrogen-bond acceptors (Lipinski definition) is 3. The monoisotopic (exact) mass is 218 g/mol. The maximum absolute atomic E-state index is 10.6. The normalized spacial score (nSPS) is 10.0. The van der Waals surface area contributed by atoms with Crippen molar-refractivity contribution in [3.05, 3.63) is 48.3 Å². The number of carboxylic acids is 1. The minimum Gasteiger partial charge on any atom is -0.478 e. The molecule has 0 spiro atoms. The predicted molar refractivity (Wildman–Crippen MR) is 56.3 cm³/mol. The molecule has 1 heterocycles. The molecule has 0 radical (unpaired) electrons. The molecule has 0 atom stereocenters. The SMILES string of the molecule is O=C(O)c1ccc(OCn2cccn2)cc1. The summed E-state index contributed by atoms with van der Waals surface area (Å²) in [6.07, 6.45) is 3.45. The number of nitrogens with zero attached hydrogens (tertiary/aromatic N) is 2. The molecule has 0 saturated carbocycles. The van der Waals surface area contributed by atoms with Crippen molar-refractivity contribution in [1.82, 2.24) is 9.78 Å². The zero-order valence-electron chi connectivity index (χ0n) is 8.41. The van der Waals surface area contributed by atoms with Crippen LogP contribution in [0.3, 0.4) is 0 Å². The number of ether oxygens (including phenoxy) is 1. The highest BCUT2D eigenvalue weighted by Crippen LogP contribution is 2.12. The molecule has 1 aromatic heterocycles. The molecule has 2 aromatic rings. The van der Waals surface area contributed by atoms with E-state index in [1.165, 1.54) is 12.1 Å². The first-order valence-corrected chi connectivity index (χ1v) is 4.69. The third-order valence-electron chi connectivity index (χ3n) is 2.02. The van der Waals surface area contributed by atoms with E-state index in [0.29, 0.717) is 12.5 Å². The fourth-order valence-electron chi connectivity index (χ4n) is 1.21. The largest absolute Gasteiger partial charge is 0.478 e. The first-order valence-electron chi connectivity index (χ1n) is 4.69. The van der Waals surface area contributed by atoms with Crippen LogP contribution < -0.4 is 4.74 Å². The molecule has 1 aromatic carbocycles. The second-order valence-corrected chi connectivity index (χ2v) is 3.15. The quantitative estimate of drug-likeness (QED) is 0.846. The fraction of sp³-hybridized carbons (Fsp3) is 0.0909. The van der Waals surface area contributed by atoms with E-state index >= 15 is 0 Å². The van der Waals surface area contributed by atoms with Gasteiger partial charge in [-0.05, 0) is 30.3 Å². The second kappa shape index (κ2) is 4.48. The van der Waals surface area contributed by atoms with Gasteiger partial charge in [-0.25, -0.2) is 9.48 Å². The van der Waals surface area contributed by atoms with Crippen molar-refractivity contribution in [2.75, 3.05) is 0 Å². The first-order chi connectivity index (χ1) is 7.75. The Morgan fingerprint density at radius 3 is 2.69 bits per heavy atom. The summed E-state index contributed by atoms with van der Waals surface area (Å²) < 4.78 is 7.02. The fourth-order valence-corrected chi connectivity index (χ4v) is 1.21. The van der Waals surface area contributed by atoms with Crippen molar-refractivity contribution < 1.29 is 14.6 Å². The molecule has 0 fully saturated rings. The molecule has 16 heavy (non-hydrogen) atoms. The molecule has 2 rings (SSSR count). The predicted octanol–water partition coefficient (Wildman–Crippen LogP) is 1.62. The summed E-state index contributed by atoms with van der Waals surface area (Å²) in [5, 5.41) is 12.7. The van der Waals surface area contributed by atoms with Crippen molar-refractivity contribution in [3.8, 4) is 5.75 Å². The molecule has 0 aliphatic rings. The van der Waals surface area contributed by atoms with Crippen molar-refractivity contribution in [3.63, 3.8) is 0 Å². The second-order valence-electron chi connectivity index (χ2n) is 3.15. The van der Waals surface area contributed by atoms with Crippen LogP contribution in [0, 0.1) is 0 Å². The summed E-state index contributed by atoms with van der Waals surface area (Å²) in [5.41, 5.74) is 0.242. The van der Waals surface area contributed by atoms with Crippen LogP contribution in [-0.2, 0) is 6.73 Å². The lowest BCUT2D eigenvalue weighted by molar-refractivity contribution is 0.0697. The molecule has 5 nitrogen and oxygen atoms in total. The molecule has 0 unspecified atom stereocenters. The molecule has 0 bridgehead atoms. The van der Waals surface area contributed by atoms with E-state index in [1.807, 2.05) is 0 Å². The van der Waals surface area contributed by atoms with Gasteiger partial charge in [0.25, 0.3) is 0 Å². The summed E-state index contributed by atoms with van der Waals surface area (Å²) in [4.78, 5) is 10.6. The van der Waals surface area contributed by atoms with Crippen LogP contribution in [0.2, 0.25) is 0 Å². The van der Waals surface area contributed by atoms with Crippen molar-refractivity contribution >= 4 is 5.97 Å². The van der Waals surface area contributed by atoms with Crippen LogP contribution in [0.4, 0.5) is 0 Å². The van der Waals surface area contributed by atoms with Gasteiger partial charge in [0, 0.05) is 12.4 Å². The van der Waals surface area contributed by atoms with E-state index in [9.17, 15) is 4.79 Å². The minimum absolute atomic E-state index is 0.242. The van der Waals surface area contributed by atoms with Gasteiger partial charge in [0.15, 0.2) is 6.73 Å². The molecule has 0 aliphatic heterocycles. The average Bonchev–Trinajstić information content (AvgIpc) is 2.80. The van der Waals surface area contributed by atoms with Crippen LogP contribution in [0.5, 0.6) is 5.75 Å². The maximum atomic E-state index is 10.6. The lowest BCUT2D eigenvalue weighted by Crippen LogP contribution is -2.05. The van der Waals surface area contributed by atoms with Crippen LogP contribution in [0.15, 0.2) is 42.7 Å². The number of carbonyl (C=O) groups is 1. The van der Waals surface area contributed by atoms with Crippen molar-refractivity contribution in [2.24, 2.45) is 0 Å². The Morgan fingerprint density at radius 2 is 2.12 bits per heavy atom. The zero-order chi connectivity index (χ0) is 11.4. The third-order valence-corrected chi connectivity index (χ3v) is 2.02. The smallest absolute Gasteiger partial charge is 0.335 e. The van der Waals surface area contributed by atoms with Gasteiger partial charge in [-0.15, -0.1) is 0 Å². The van der Waals surface area contributed by atoms with E-state index in [1.54, 1.807) is 35.3 Å². The van der Waals surface area contributed by atoms with E-state index < -0.39 is 5.97 Å². The number of aromatic carboxylic acids is 1. The number of aromatic nitrogens is 2. The molecule has 82 valence electrons. The van der Waals surface area contributed by atoms with Gasteiger partial charge < -0.3 is 9.84 Å². The van der Waals surface area contributed by atoms with Gasteiger partial charge in [0.1, 0.15) is 5.75 Å². The molecule has 0 aliphatic carbocycles. The maximum Gasteiger partial charge on any atom is 0.335 e. The summed E-state index contributed by atoms with van der Waals surface area (Å²) in [6.45, 7) is 0.305.